The van der Waals surface area contributed by atoms with Crippen LogP contribution in [0.5, 0.6) is 0 Å². The quantitative estimate of drug-likeness (QED) is 0.788. The molecule has 0 saturated carbocycles. The number of hydrogen-bond acceptors (Lipinski definition) is 2. The van der Waals surface area contributed by atoms with Gasteiger partial charge in [-0.15, -0.1) is 0 Å². The Hall–Kier alpha value is -0.830. The number of halogens is 2. The highest BCUT2D eigenvalue weighted by molar-refractivity contribution is 6.33. The molecule has 0 radical (unpaired) electrons. The van der Waals surface area contributed by atoms with Crippen LogP contribution >= 0.6 is 11.6 Å². The number of piperidine rings is 1. The van der Waals surface area contributed by atoms with Crippen LogP contribution in [0.25, 0.3) is 0 Å². The summed E-state index contributed by atoms with van der Waals surface area (Å²) in [4.78, 5) is 6.49. The number of anilines is 1. The number of hydrogen-bond donors (Lipinski definition) is 0. The minimum Gasteiger partial charge on any atom is -0.353 e. The van der Waals surface area contributed by atoms with E-state index in [9.17, 15) is 4.39 Å². The molecule has 0 aliphatic carbocycles. The van der Waals surface area contributed by atoms with E-state index < -0.39 is 6.67 Å². The number of rotatable bonds is 2. The summed E-state index contributed by atoms with van der Waals surface area (Å²) in [5.41, 5.74) is 0.540. The van der Waals surface area contributed by atoms with Gasteiger partial charge in [-0.25, -0.2) is 9.37 Å². The first-order valence-corrected chi connectivity index (χ1v) is 6.07. The number of pyridine rings is 1. The van der Waals surface area contributed by atoms with Gasteiger partial charge < -0.3 is 4.90 Å². The summed E-state index contributed by atoms with van der Waals surface area (Å²) < 4.78 is 12.4. The number of alkyl halides is 1. The van der Waals surface area contributed by atoms with Crippen molar-refractivity contribution in [2.75, 3.05) is 11.4 Å². The van der Waals surface area contributed by atoms with Crippen LogP contribution in [0.15, 0.2) is 12.3 Å². The molecule has 1 saturated heterocycles. The highest BCUT2D eigenvalue weighted by atomic mass is 35.5. The smallest absolute Gasteiger partial charge is 0.147 e. The first kappa shape index (κ1) is 11.6. The molecule has 1 aromatic heterocycles. The molecule has 2 rings (SSSR count). The first-order valence-electron chi connectivity index (χ1n) is 5.69. The van der Waals surface area contributed by atoms with Gasteiger partial charge in [0.2, 0.25) is 0 Å². The molecule has 2 heterocycles. The standard InChI is InChI=1S/C12H16ClFN2/c1-9-4-2-3-5-16(9)12-11(13)6-10(7-14)8-15-12/h6,8-9H,2-5,7H2,1H3. The first-order chi connectivity index (χ1) is 7.72. The maximum Gasteiger partial charge on any atom is 0.147 e. The van der Waals surface area contributed by atoms with E-state index in [-0.39, 0.29) is 0 Å². The van der Waals surface area contributed by atoms with E-state index in [0.29, 0.717) is 16.6 Å². The zero-order valence-corrected chi connectivity index (χ0v) is 10.2. The van der Waals surface area contributed by atoms with Gasteiger partial charge in [-0.1, -0.05) is 11.6 Å². The zero-order valence-electron chi connectivity index (χ0n) is 9.42. The lowest BCUT2D eigenvalue weighted by Gasteiger charge is -2.34. The van der Waals surface area contributed by atoms with Crippen LogP contribution in [-0.4, -0.2) is 17.6 Å². The second kappa shape index (κ2) is 5.00. The fraction of sp³-hybridized carbons (Fsp3) is 0.583. The molecule has 1 aliphatic rings. The number of aromatic nitrogens is 1. The molecule has 0 N–H and O–H groups in total. The summed E-state index contributed by atoms with van der Waals surface area (Å²) in [5.74, 6) is 0.797. The van der Waals surface area contributed by atoms with Crippen molar-refractivity contribution in [3.63, 3.8) is 0 Å². The van der Waals surface area contributed by atoms with Gasteiger partial charge in [-0.05, 0) is 32.3 Å². The Morgan fingerprint density at radius 3 is 3.00 bits per heavy atom. The van der Waals surface area contributed by atoms with Crippen molar-refractivity contribution < 1.29 is 4.39 Å². The van der Waals surface area contributed by atoms with Gasteiger partial charge in [0.05, 0.1) is 5.02 Å². The monoisotopic (exact) mass is 242 g/mol. The van der Waals surface area contributed by atoms with Gasteiger partial charge in [0.15, 0.2) is 0 Å². The van der Waals surface area contributed by atoms with Gasteiger partial charge in [0.1, 0.15) is 12.5 Å². The molecule has 1 aliphatic heterocycles. The van der Waals surface area contributed by atoms with E-state index in [4.69, 9.17) is 11.6 Å². The van der Waals surface area contributed by atoms with Crippen molar-refractivity contribution >= 4 is 17.4 Å². The molecule has 1 atom stereocenters. The van der Waals surface area contributed by atoms with Crippen molar-refractivity contribution in [1.29, 1.82) is 0 Å². The third kappa shape index (κ3) is 2.29. The Morgan fingerprint density at radius 2 is 2.38 bits per heavy atom. The second-order valence-corrected chi connectivity index (χ2v) is 4.73. The summed E-state index contributed by atoms with van der Waals surface area (Å²) in [6.45, 7) is 2.66. The topological polar surface area (TPSA) is 16.1 Å². The molecule has 0 aromatic carbocycles. The molecule has 88 valence electrons. The predicted molar refractivity (Wildman–Crippen MR) is 64.7 cm³/mol. The minimum absolute atomic E-state index is 0.468. The summed E-state index contributed by atoms with van der Waals surface area (Å²) in [7, 11) is 0. The van der Waals surface area contributed by atoms with Crippen molar-refractivity contribution in [2.24, 2.45) is 0 Å². The fourth-order valence-corrected chi connectivity index (χ4v) is 2.47. The van der Waals surface area contributed by atoms with Gasteiger partial charge in [-0.3, -0.25) is 0 Å². The van der Waals surface area contributed by atoms with Gasteiger partial charge in [0, 0.05) is 24.3 Å². The molecule has 16 heavy (non-hydrogen) atoms. The summed E-state index contributed by atoms with van der Waals surface area (Å²) in [6, 6.07) is 2.14. The van der Waals surface area contributed by atoms with Crippen LogP contribution < -0.4 is 4.90 Å². The SMILES string of the molecule is CC1CCCCN1c1ncc(CF)cc1Cl. The third-order valence-corrected chi connectivity index (χ3v) is 3.39. The summed E-state index contributed by atoms with van der Waals surface area (Å²) >= 11 is 6.14. The molecule has 0 bridgehead atoms. The molecular weight excluding hydrogens is 227 g/mol. The Balaban J connectivity index is 2.25. The van der Waals surface area contributed by atoms with E-state index >= 15 is 0 Å². The molecule has 1 aromatic rings. The molecule has 2 nitrogen and oxygen atoms in total. The van der Waals surface area contributed by atoms with E-state index in [0.717, 1.165) is 12.4 Å². The van der Waals surface area contributed by atoms with Gasteiger partial charge in [0.25, 0.3) is 0 Å². The van der Waals surface area contributed by atoms with E-state index in [1.54, 1.807) is 12.3 Å². The van der Waals surface area contributed by atoms with Gasteiger partial charge >= 0.3 is 0 Å². The lowest BCUT2D eigenvalue weighted by Crippen LogP contribution is -2.38. The predicted octanol–water partition coefficient (Wildman–Crippen LogP) is 3.58. The van der Waals surface area contributed by atoms with Crippen LogP contribution in [-0.2, 0) is 6.67 Å². The molecule has 1 fully saturated rings. The zero-order chi connectivity index (χ0) is 11.5. The van der Waals surface area contributed by atoms with Crippen molar-refractivity contribution in [3.05, 3.63) is 22.8 Å². The van der Waals surface area contributed by atoms with Crippen molar-refractivity contribution in [1.82, 2.24) is 4.98 Å². The second-order valence-electron chi connectivity index (χ2n) is 4.32. The van der Waals surface area contributed by atoms with Crippen LogP contribution in [0.1, 0.15) is 31.7 Å². The molecule has 0 spiro atoms. The van der Waals surface area contributed by atoms with Crippen molar-refractivity contribution in [2.45, 2.75) is 38.9 Å². The highest BCUT2D eigenvalue weighted by Gasteiger charge is 2.21. The number of nitrogens with zero attached hydrogens (tertiary/aromatic N) is 2. The largest absolute Gasteiger partial charge is 0.353 e. The van der Waals surface area contributed by atoms with E-state index in [1.807, 2.05) is 0 Å². The van der Waals surface area contributed by atoms with Gasteiger partial charge in [-0.2, -0.15) is 0 Å². The fourth-order valence-electron chi connectivity index (χ4n) is 2.17. The van der Waals surface area contributed by atoms with E-state index in [2.05, 4.69) is 16.8 Å². The lowest BCUT2D eigenvalue weighted by molar-refractivity contribution is 0.477. The molecule has 1 unspecified atom stereocenters. The van der Waals surface area contributed by atoms with Crippen LogP contribution in [0.4, 0.5) is 10.2 Å². The summed E-state index contributed by atoms with van der Waals surface area (Å²) in [5, 5.41) is 0.559. The normalized spacial score (nSPS) is 21.2. The van der Waals surface area contributed by atoms with Crippen molar-refractivity contribution in [3.8, 4) is 0 Å². The Kier molecular flexibility index (Phi) is 3.64. The molecular formula is C12H16ClFN2. The Morgan fingerprint density at radius 1 is 1.56 bits per heavy atom. The van der Waals surface area contributed by atoms with Crippen LogP contribution in [0.3, 0.4) is 0 Å². The average molecular weight is 243 g/mol. The maximum absolute atomic E-state index is 12.4. The van der Waals surface area contributed by atoms with E-state index in [1.165, 1.54) is 19.3 Å². The lowest BCUT2D eigenvalue weighted by atomic mass is 10.0. The molecule has 4 heteroatoms. The maximum atomic E-state index is 12.4. The minimum atomic E-state index is -0.511. The Bertz CT molecular complexity index is 370. The highest BCUT2D eigenvalue weighted by Crippen LogP contribution is 2.29. The third-order valence-electron chi connectivity index (χ3n) is 3.11. The molecule has 0 amide bonds. The summed E-state index contributed by atoms with van der Waals surface area (Å²) in [6.07, 6.45) is 5.18. The van der Waals surface area contributed by atoms with Crippen LogP contribution in [0, 0.1) is 0 Å². The van der Waals surface area contributed by atoms with Crippen LogP contribution in [0.2, 0.25) is 5.02 Å². The average Bonchev–Trinajstić information content (AvgIpc) is 2.30. The Labute approximate surface area is 100 Å².